The number of hydrogen-bond donors (Lipinski definition) is 1. The SMILES string of the molecule is Cc1cccc(NCCl)c1. The molecule has 10 heavy (non-hydrogen) atoms. The summed E-state index contributed by atoms with van der Waals surface area (Å²) in [6, 6.07) is 8.57. The zero-order chi connectivity index (χ0) is 7.40. The molecule has 0 bridgehead atoms. The van der Waals surface area contributed by atoms with Crippen molar-refractivity contribution in [3.05, 3.63) is 29.8 Å². The monoisotopic (exact) mass is 155 g/mol. The second-order valence-corrected chi connectivity index (χ2v) is 2.45. The van der Waals surface area contributed by atoms with E-state index in [9.17, 15) is 0 Å². The van der Waals surface area contributed by atoms with Crippen molar-refractivity contribution in [2.75, 3.05) is 11.3 Å². The first-order valence-corrected chi connectivity index (χ1v) is 3.73. The van der Waals surface area contributed by atoms with Crippen molar-refractivity contribution in [2.45, 2.75) is 6.92 Å². The van der Waals surface area contributed by atoms with Crippen molar-refractivity contribution in [3.8, 4) is 0 Å². The van der Waals surface area contributed by atoms with Crippen LogP contribution in [0, 0.1) is 6.92 Å². The van der Waals surface area contributed by atoms with Gasteiger partial charge in [-0.05, 0) is 24.6 Å². The molecule has 0 radical (unpaired) electrons. The number of benzene rings is 1. The average Bonchev–Trinajstić information content (AvgIpc) is 1.88. The highest BCUT2D eigenvalue weighted by Gasteiger charge is 1.87. The van der Waals surface area contributed by atoms with E-state index in [4.69, 9.17) is 11.6 Å². The molecular formula is C8H10ClN. The quantitative estimate of drug-likeness (QED) is 0.512. The van der Waals surface area contributed by atoms with Gasteiger partial charge in [-0.1, -0.05) is 12.1 Å². The smallest absolute Gasteiger partial charge is 0.0901 e. The predicted molar refractivity (Wildman–Crippen MR) is 45.5 cm³/mol. The summed E-state index contributed by atoms with van der Waals surface area (Å²) in [5, 5.41) is 3.01. The zero-order valence-corrected chi connectivity index (χ0v) is 6.65. The van der Waals surface area contributed by atoms with Gasteiger partial charge in [-0.25, -0.2) is 0 Å². The summed E-state index contributed by atoms with van der Waals surface area (Å²) < 4.78 is 0. The summed E-state index contributed by atoms with van der Waals surface area (Å²) in [6.07, 6.45) is 0. The molecule has 0 aliphatic rings. The molecule has 0 saturated heterocycles. The van der Waals surface area contributed by atoms with Crippen molar-refractivity contribution in [1.82, 2.24) is 0 Å². The lowest BCUT2D eigenvalue weighted by molar-refractivity contribution is 1.40. The molecule has 0 atom stereocenters. The number of rotatable bonds is 2. The number of alkyl halides is 1. The molecule has 0 spiro atoms. The minimum atomic E-state index is 0.462. The molecule has 1 N–H and O–H groups in total. The maximum Gasteiger partial charge on any atom is 0.0901 e. The van der Waals surface area contributed by atoms with E-state index in [1.165, 1.54) is 5.56 Å². The summed E-state index contributed by atoms with van der Waals surface area (Å²) in [7, 11) is 0. The summed E-state index contributed by atoms with van der Waals surface area (Å²) in [4.78, 5) is 0. The first-order chi connectivity index (χ1) is 4.83. The van der Waals surface area contributed by atoms with Gasteiger partial charge in [-0.3, -0.25) is 0 Å². The van der Waals surface area contributed by atoms with Crippen LogP contribution in [0.15, 0.2) is 24.3 Å². The average molecular weight is 156 g/mol. The van der Waals surface area contributed by atoms with Crippen molar-refractivity contribution in [2.24, 2.45) is 0 Å². The lowest BCUT2D eigenvalue weighted by Gasteiger charge is -2.01. The van der Waals surface area contributed by atoms with Gasteiger partial charge in [-0.15, -0.1) is 11.6 Å². The maximum absolute atomic E-state index is 5.48. The molecule has 0 saturated carbocycles. The Morgan fingerprint density at radius 2 is 2.30 bits per heavy atom. The van der Waals surface area contributed by atoms with Crippen molar-refractivity contribution in [3.63, 3.8) is 0 Å². The molecule has 1 nitrogen and oxygen atoms in total. The van der Waals surface area contributed by atoms with Crippen LogP contribution in [0.5, 0.6) is 0 Å². The fourth-order valence-electron chi connectivity index (χ4n) is 0.832. The topological polar surface area (TPSA) is 12.0 Å². The van der Waals surface area contributed by atoms with Gasteiger partial charge in [0.2, 0.25) is 0 Å². The molecule has 54 valence electrons. The first kappa shape index (κ1) is 7.42. The van der Waals surface area contributed by atoms with Crippen LogP contribution in [0.25, 0.3) is 0 Å². The molecule has 1 aromatic rings. The number of nitrogens with one attached hydrogen (secondary N) is 1. The van der Waals surface area contributed by atoms with Gasteiger partial charge in [0.25, 0.3) is 0 Å². The van der Waals surface area contributed by atoms with E-state index in [1.807, 2.05) is 12.1 Å². The Labute approximate surface area is 66.0 Å². The highest BCUT2D eigenvalue weighted by Crippen LogP contribution is 2.08. The van der Waals surface area contributed by atoms with Crippen molar-refractivity contribution >= 4 is 17.3 Å². The third-order valence-electron chi connectivity index (χ3n) is 1.29. The van der Waals surface area contributed by atoms with E-state index >= 15 is 0 Å². The zero-order valence-electron chi connectivity index (χ0n) is 5.89. The molecule has 0 fully saturated rings. The van der Waals surface area contributed by atoms with E-state index in [-0.39, 0.29) is 0 Å². The van der Waals surface area contributed by atoms with Crippen molar-refractivity contribution in [1.29, 1.82) is 0 Å². The maximum atomic E-state index is 5.48. The Morgan fingerprint density at radius 3 is 2.90 bits per heavy atom. The Morgan fingerprint density at radius 1 is 1.50 bits per heavy atom. The Bertz CT molecular complexity index is 210. The first-order valence-electron chi connectivity index (χ1n) is 3.19. The normalized spacial score (nSPS) is 9.40. The number of hydrogen-bond acceptors (Lipinski definition) is 1. The van der Waals surface area contributed by atoms with Crippen LogP contribution in [0.4, 0.5) is 5.69 Å². The van der Waals surface area contributed by atoms with E-state index in [1.54, 1.807) is 0 Å². The Kier molecular flexibility index (Phi) is 2.57. The van der Waals surface area contributed by atoms with Crippen LogP contribution in [0.2, 0.25) is 0 Å². The van der Waals surface area contributed by atoms with Crippen LogP contribution >= 0.6 is 11.6 Å². The van der Waals surface area contributed by atoms with Gasteiger partial charge in [0.05, 0.1) is 6.00 Å². The number of halogens is 1. The minimum absolute atomic E-state index is 0.462. The van der Waals surface area contributed by atoms with Gasteiger partial charge in [0.15, 0.2) is 0 Å². The second-order valence-electron chi connectivity index (χ2n) is 2.18. The molecule has 0 amide bonds. The fourth-order valence-corrected chi connectivity index (χ4v) is 0.986. The molecule has 0 aromatic heterocycles. The van der Waals surface area contributed by atoms with Crippen LogP contribution in [-0.4, -0.2) is 6.00 Å². The molecule has 0 aliphatic heterocycles. The van der Waals surface area contributed by atoms with Crippen LogP contribution in [0.1, 0.15) is 5.56 Å². The summed E-state index contributed by atoms with van der Waals surface area (Å²) in [5.41, 5.74) is 2.32. The molecule has 2 heteroatoms. The van der Waals surface area contributed by atoms with Gasteiger partial charge >= 0.3 is 0 Å². The summed E-state index contributed by atoms with van der Waals surface area (Å²) in [6.45, 7) is 2.05. The Balaban J connectivity index is 2.75. The number of anilines is 1. The standard InChI is InChI=1S/C8H10ClN/c1-7-3-2-4-8(5-7)10-6-9/h2-5,10H,6H2,1H3. The molecule has 0 aliphatic carbocycles. The van der Waals surface area contributed by atoms with Crippen LogP contribution < -0.4 is 5.32 Å². The third-order valence-corrected chi connectivity index (χ3v) is 1.42. The summed E-state index contributed by atoms with van der Waals surface area (Å²) >= 11 is 5.48. The Hall–Kier alpha value is -0.690. The van der Waals surface area contributed by atoms with Gasteiger partial charge < -0.3 is 5.32 Å². The van der Waals surface area contributed by atoms with E-state index < -0.39 is 0 Å². The fraction of sp³-hybridized carbons (Fsp3) is 0.250. The largest absolute Gasteiger partial charge is 0.372 e. The van der Waals surface area contributed by atoms with E-state index in [0.717, 1.165) is 5.69 Å². The van der Waals surface area contributed by atoms with Gasteiger partial charge in [0.1, 0.15) is 0 Å². The van der Waals surface area contributed by atoms with Crippen LogP contribution in [0.3, 0.4) is 0 Å². The van der Waals surface area contributed by atoms with Crippen LogP contribution in [-0.2, 0) is 0 Å². The highest BCUT2D eigenvalue weighted by atomic mass is 35.5. The third kappa shape index (κ3) is 1.92. The van der Waals surface area contributed by atoms with E-state index in [0.29, 0.717) is 6.00 Å². The van der Waals surface area contributed by atoms with Crippen molar-refractivity contribution < 1.29 is 0 Å². The second kappa shape index (κ2) is 3.47. The highest BCUT2D eigenvalue weighted by molar-refractivity contribution is 6.18. The van der Waals surface area contributed by atoms with Gasteiger partial charge in [0, 0.05) is 5.69 Å². The molecule has 0 unspecified atom stereocenters. The molecule has 1 aromatic carbocycles. The number of aryl methyl sites for hydroxylation is 1. The molecular weight excluding hydrogens is 146 g/mol. The van der Waals surface area contributed by atoms with E-state index in [2.05, 4.69) is 24.4 Å². The lowest BCUT2D eigenvalue weighted by Crippen LogP contribution is -1.93. The minimum Gasteiger partial charge on any atom is -0.372 e. The lowest BCUT2D eigenvalue weighted by atomic mass is 10.2. The predicted octanol–water partition coefficient (Wildman–Crippen LogP) is 2.60. The molecule has 0 heterocycles. The molecule has 1 rings (SSSR count). The summed E-state index contributed by atoms with van der Waals surface area (Å²) in [5.74, 6) is 0. The van der Waals surface area contributed by atoms with Gasteiger partial charge in [-0.2, -0.15) is 0 Å².